The van der Waals surface area contributed by atoms with E-state index in [1.54, 1.807) is 0 Å². The highest BCUT2D eigenvalue weighted by Gasteiger charge is 2.00. The number of nitrogens with zero attached hydrogens (tertiary/aromatic N) is 1. The lowest BCUT2D eigenvalue weighted by Crippen LogP contribution is -1.88. The van der Waals surface area contributed by atoms with Gasteiger partial charge in [0, 0.05) is 6.42 Å². The number of imidazole rings is 1. The molecule has 0 saturated carbocycles. The minimum absolute atomic E-state index is 0.635. The normalized spacial score (nSPS) is 10.4. The van der Waals surface area contributed by atoms with Crippen LogP contribution in [0.4, 0.5) is 5.82 Å². The summed E-state index contributed by atoms with van der Waals surface area (Å²) >= 11 is 0. The summed E-state index contributed by atoms with van der Waals surface area (Å²) in [6.45, 7) is 4.11. The Labute approximate surface area is 67.0 Å². The number of nitrogens with two attached hydrogens (primary N) is 1. The van der Waals surface area contributed by atoms with Gasteiger partial charge in [0.15, 0.2) is 0 Å². The molecule has 3 heteroatoms. The summed E-state index contributed by atoms with van der Waals surface area (Å²) < 4.78 is 0. The Morgan fingerprint density at radius 2 is 2.27 bits per heavy atom. The van der Waals surface area contributed by atoms with Gasteiger partial charge in [-0.3, -0.25) is 0 Å². The lowest BCUT2D eigenvalue weighted by Gasteiger charge is -1.90. The first-order chi connectivity index (χ1) is 5.24. The molecule has 0 spiro atoms. The van der Waals surface area contributed by atoms with E-state index in [0.717, 1.165) is 17.9 Å². The number of hydrogen-bond donors (Lipinski definition) is 2. The summed E-state index contributed by atoms with van der Waals surface area (Å²) in [7, 11) is 0. The Bertz CT molecular complexity index is 208. The summed E-state index contributed by atoms with van der Waals surface area (Å²) in [6.07, 6.45) is 3.38. The van der Waals surface area contributed by atoms with Gasteiger partial charge in [0.2, 0.25) is 0 Å². The molecule has 0 aliphatic carbocycles. The average Bonchev–Trinajstić information content (AvgIpc) is 2.28. The fourth-order valence-electron chi connectivity index (χ4n) is 1.00. The highest BCUT2D eigenvalue weighted by molar-refractivity contribution is 5.34. The zero-order valence-corrected chi connectivity index (χ0v) is 7.15. The van der Waals surface area contributed by atoms with Crippen LogP contribution in [0.2, 0.25) is 0 Å². The van der Waals surface area contributed by atoms with Gasteiger partial charge in [-0.25, -0.2) is 4.98 Å². The van der Waals surface area contributed by atoms with Crippen LogP contribution in [0.3, 0.4) is 0 Å². The molecule has 1 rings (SSSR count). The third kappa shape index (κ3) is 1.97. The number of hydrogen-bond acceptors (Lipinski definition) is 2. The third-order valence-electron chi connectivity index (χ3n) is 1.74. The molecule has 0 atom stereocenters. The summed E-state index contributed by atoms with van der Waals surface area (Å²) in [6, 6.07) is 0. The number of aromatic nitrogens is 2. The van der Waals surface area contributed by atoms with Gasteiger partial charge in [-0.1, -0.05) is 13.3 Å². The molecule has 0 aliphatic rings. The molecular formula is C8H15N3. The largest absolute Gasteiger partial charge is 0.382 e. The number of aromatic amines is 1. The highest BCUT2D eigenvalue weighted by Crippen LogP contribution is 2.07. The predicted molar refractivity (Wildman–Crippen MR) is 46.3 cm³/mol. The molecule has 1 aromatic rings. The smallest absolute Gasteiger partial charge is 0.144 e. The van der Waals surface area contributed by atoms with Crippen molar-refractivity contribution in [1.82, 2.24) is 9.97 Å². The van der Waals surface area contributed by atoms with E-state index in [0.29, 0.717) is 5.82 Å². The van der Waals surface area contributed by atoms with Crippen molar-refractivity contribution >= 4 is 5.82 Å². The van der Waals surface area contributed by atoms with Gasteiger partial charge in [0.05, 0.1) is 5.69 Å². The van der Waals surface area contributed by atoms with Crippen molar-refractivity contribution in [3.05, 3.63) is 11.5 Å². The first kappa shape index (κ1) is 8.11. The fraction of sp³-hybridized carbons (Fsp3) is 0.625. The van der Waals surface area contributed by atoms with Crippen LogP contribution in [0.1, 0.15) is 31.3 Å². The molecular weight excluding hydrogens is 138 g/mol. The van der Waals surface area contributed by atoms with E-state index in [2.05, 4.69) is 16.9 Å². The second-order valence-electron chi connectivity index (χ2n) is 2.80. The molecule has 0 aromatic carbocycles. The number of anilines is 1. The van der Waals surface area contributed by atoms with Crippen molar-refractivity contribution in [3.63, 3.8) is 0 Å². The van der Waals surface area contributed by atoms with Crippen LogP contribution in [-0.4, -0.2) is 9.97 Å². The summed E-state index contributed by atoms with van der Waals surface area (Å²) in [5.74, 6) is 1.65. The Morgan fingerprint density at radius 1 is 1.55 bits per heavy atom. The van der Waals surface area contributed by atoms with Crippen molar-refractivity contribution in [2.75, 3.05) is 5.73 Å². The Kier molecular flexibility index (Phi) is 2.52. The van der Waals surface area contributed by atoms with Crippen molar-refractivity contribution < 1.29 is 0 Å². The summed E-state index contributed by atoms with van der Waals surface area (Å²) in [4.78, 5) is 7.31. The molecule has 0 amide bonds. The molecule has 0 unspecified atom stereocenters. The molecule has 0 saturated heterocycles. The van der Waals surface area contributed by atoms with E-state index < -0.39 is 0 Å². The van der Waals surface area contributed by atoms with Crippen LogP contribution >= 0.6 is 0 Å². The van der Waals surface area contributed by atoms with Gasteiger partial charge >= 0.3 is 0 Å². The standard InChI is InChI=1S/C8H15N3/c1-3-4-5-7-10-6(2)8(9)11-7/h3-5,9H2,1-2H3,(H,10,11). The van der Waals surface area contributed by atoms with Crippen LogP contribution in [-0.2, 0) is 6.42 Å². The van der Waals surface area contributed by atoms with Gasteiger partial charge in [0.25, 0.3) is 0 Å². The maximum Gasteiger partial charge on any atom is 0.144 e. The Balaban J connectivity index is 2.58. The van der Waals surface area contributed by atoms with Crippen molar-refractivity contribution in [2.24, 2.45) is 0 Å². The van der Waals surface area contributed by atoms with E-state index in [1.165, 1.54) is 12.8 Å². The average molecular weight is 153 g/mol. The molecule has 3 N–H and O–H groups in total. The van der Waals surface area contributed by atoms with Crippen LogP contribution < -0.4 is 5.73 Å². The van der Waals surface area contributed by atoms with E-state index in [1.807, 2.05) is 6.92 Å². The Hall–Kier alpha value is -0.990. The first-order valence-electron chi connectivity index (χ1n) is 4.05. The second kappa shape index (κ2) is 3.42. The zero-order chi connectivity index (χ0) is 8.27. The lowest BCUT2D eigenvalue weighted by atomic mass is 10.2. The topological polar surface area (TPSA) is 54.7 Å². The van der Waals surface area contributed by atoms with E-state index in [9.17, 15) is 0 Å². The molecule has 0 radical (unpaired) electrons. The molecule has 11 heavy (non-hydrogen) atoms. The molecule has 0 bridgehead atoms. The monoisotopic (exact) mass is 153 g/mol. The fourth-order valence-corrected chi connectivity index (χ4v) is 1.00. The van der Waals surface area contributed by atoms with E-state index >= 15 is 0 Å². The maximum atomic E-state index is 5.57. The quantitative estimate of drug-likeness (QED) is 0.693. The summed E-state index contributed by atoms with van der Waals surface area (Å²) in [5, 5.41) is 0. The van der Waals surface area contributed by atoms with Crippen LogP contribution in [0.25, 0.3) is 0 Å². The van der Waals surface area contributed by atoms with Crippen molar-refractivity contribution in [3.8, 4) is 0 Å². The van der Waals surface area contributed by atoms with Gasteiger partial charge in [-0.15, -0.1) is 0 Å². The number of nitrogen functional groups attached to an aromatic ring is 1. The third-order valence-corrected chi connectivity index (χ3v) is 1.74. The first-order valence-corrected chi connectivity index (χ1v) is 4.05. The zero-order valence-electron chi connectivity index (χ0n) is 7.15. The second-order valence-corrected chi connectivity index (χ2v) is 2.80. The summed E-state index contributed by atoms with van der Waals surface area (Å²) in [5.41, 5.74) is 6.55. The minimum Gasteiger partial charge on any atom is -0.382 e. The van der Waals surface area contributed by atoms with Crippen LogP contribution in [0.5, 0.6) is 0 Å². The SMILES string of the molecule is CCCCc1nc(N)c(C)[nH]1. The van der Waals surface area contributed by atoms with Crippen molar-refractivity contribution in [2.45, 2.75) is 33.1 Å². The number of nitrogens with one attached hydrogen (secondary N) is 1. The maximum absolute atomic E-state index is 5.57. The number of H-pyrrole nitrogens is 1. The molecule has 0 fully saturated rings. The van der Waals surface area contributed by atoms with Crippen LogP contribution in [0.15, 0.2) is 0 Å². The van der Waals surface area contributed by atoms with Gasteiger partial charge in [-0.2, -0.15) is 0 Å². The molecule has 3 nitrogen and oxygen atoms in total. The molecule has 1 heterocycles. The minimum atomic E-state index is 0.635. The molecule has 1 aromatic heterocycles. The number of rotatable bonds is 3. The molecule has 62 valence electrons. The van der Waals surface area contributed by atoms with Crippen LogP contribution in [0, 0.1) is 6.92 Å². The van der Waals surface area contributed by atoms with Gasteiger partial charge in [-0.05, 0) is 13.3 Å². The van der Waals surface area contributed by atoms with Crippen molar-refractivity contribution in [1.29, 1.82) is 0 Å². The van der Waals surface area contributed by atoms with Gasteiger partial charge in [0.1, 0.15) is 11.6 Å². The lowest BCUT2D eigenvalue weighted by molar-refractivity contribution is 0.761. The van der Waals surface area contributed by atoms with Gasteiger partial charge < -0.3 is 10.7 Å². The number of aryl methyl sites for hydroxylation is 2. The molecule has 0 aliphatic heterocycles. The van der Waals surface area contributed by atoms with E-state index in [-0.39, 0.29) is 0 Å². The van der Waals surface area contributed by atoms with E-state index in [4.69, 9.17) is 5.73 Å². The predicted octanol–water partition coefficient (Wildman–Crippen LogP) is 1.64. The Morgan fingerprint density at radius 3 is 2.73 bits per heavy atom. The highest BCUT2D eigenvalue weighted by atomic mass is 15.0. The number of unbranched alkanes of at least 4 members (excludes halogenated alkanes) is 1.